The van der Waals surface area contributed by atoms with Gasteiger partial charge in [-0.1, -0.05) is 17.7 Å². The molecule has 0 aliphatic heterocycles. The zero-order valence-corrected chi connectivity index (χ0v) is 14.9. The topological polar surface area (TPSA) is 63.6 Å². The summed E-state index contributed by atoms with van der Waals surface area (Å²) >= 11 is 5.02. The van der Waals surface area contributed by atoms with E-state index in [4.69, 9.17) is 4.18 Å². The van der Waals surface area contributed by atoms with Gasteiger partial charge in [-0.2, -0.15) is 8.42 Å². The molecular formula is C13H10BrIO4S. The van der Waals surface area contributed by atoms with Crippen LogP contribution in [0.2, 0.25) is 0 Å². The molecule has 7 heteroatoms. The summed E-state index contributed by atoms with van der Waals surface area (Å²) in [7, 11) is -3.98. The van der Waals surface area contributed by atoms with E-state index in [-0.39, 0.29) is 16.4 Å². The minimum absolute atomic E-state index is 0.0401. The Bertz CT molecular complexity index is 742. The van der Waals surface area contributed by atoms with Crippen LogP contribution in [0.25, 0.3) is 0 Å². The first-order chi connectivity index (χ1) is 9.31. The molecule has 0 bridgehead atoms. The third kappa shape index (κ3) is 3.26. The third-order valence-corrected chi connectivity index (χ3v) is 5.26. The van der Waals surface area contributed by atoms with Gasteiger partial charge in [-0.25, -0.2) is 0 Å². The van der Waals surface area contributed by atoms with E-state index in [2.05, 4.69) is 15.9 Å². The lowest BCUT2D eigenvalue weighted by Gasteiger charge is -2.11. The second-order valence-electron chi connectivity index (χ2n) is 4.06. The second-order valence-corrected chi connectivity index (χ2v) is 7.62. The Morgan fingerprint density at radius 2 is 1.75 bits per heavy atom. The molecule has 0 amide bonds. The lowest BCUT2D eigenvalue weighted by atomic mass is 10.2. The molecule has 0 aromatic heterocycles. The van der Waals surface area contributed by atoms with Gasteiger partial charge in [0.2, 0.25) is 0 Å². The largest absolute Gasteiger partial charge is 0.503 e. The maximum absolute atomic E-state index is 12.2. The van der Waals surface area contributed by atoms with Crippen molar-refractivity contribution in [2.45, 2.75) is 11.8 Å². The zero-order valence-electron chi connectivity index (χ0n) is 10.3. The average molecular weight is 469 g/mol. The standard InChI is InChI=1S/C13H10BrIO4S/c1-8-2-4-9(5-3-8)20(17,18)19-13-11(15)7-6-10(14)12(13)16/h2-7,16H,1H3. The average Bonchev–Trinajstić information content (AvgIpc) is 2.40. The molecule has 0 heterocycles. The van der Waals surface area contributed by atoms with Crippen LogP contribution in [-0.4, -0.2) is 13.5 Å². The van der Waals surface area contributed by atoms with E-state index in [9.17, 15) is 13.5 Å². The number of hydrogen-bond donors (Lipinski definition) is 1. The van der Waals surface area contributed by atoms with Crippen molar-refractivity contribution in [1.82, 2.24) is 0 Å². The minimum Gasteiger partial charge on any atom is -0.503 e. The monoisotopic (exact) mass is 468 g/mol. The van der Waals surface area contributed by atoms with E-state index in [1.807, 2.05) is 29.5 Å². The van der Waals surface area contributed by atoms with E-state index in [1.165, 1.54) is 12.1 Å². The molecule has 2 aromatic carbocycles. The van der Waals surface area contributed by atoms with Crippen LogP contribution in [0.5, 0.6) is 11.5 Å². The van der Waals surface area contributed by atoms with E-state index in [0.717, 1.165) is 5.56 Å². The molecule has 0 saturated carbocycles. The summed E-state index contributed by atoms with van der Waals surface area (Å²) in [6.07, 6.45) is 0. The summed E-state index contributed by atoms with van der Waals surface area (Å²) in [5.41, 5.74) is 0.948. The summed E-state index contributed by atoms with van der Waals surface area (Å²) in [5.74, 6) is -0.326. The van der Waals surface area contributed by atoms with Crippen molar-refractivity contribution in [3.05, 3.63) is 50.0 Å². The van der Waals surface area contributed by atoms with Gasteiger partial charge in [0.1, 0.15) is 4.90 Å². The summed E-state index contributed by atoms with van der Waals surface area (Å²) in [6.45, 7) is 1.86. The van der Waals surface area contributed by atoms with Crippen LogP contribution in [0.3, 0.4) is 0 Å². The molecule has 0 fully saturated rings. The molecule has 2 rings (SSSR count). The Morgan fingerprint density at radius 3 is 2.35 bits per heavy atom. The van der Waals surface area contributed by atoms with Crippen LogP contribution in [0, 0.1) is 10.5 Å². The molecule has 20 heavy (non-hydrogen) atoms. The first-order valence-corrected chi connectivity index (χ1v) is 8.77. The van der Waals surface area contributed by atoms with Crippen molar-refractivity contribution in [3.63, 3.8) is 0 Å². The van der Waals surface area contributed by atoms with Gasteiger partial charge < -0.3 is 9.29 Å². The Hall–Kier alpha value is -0.800. The van der Waals surface area contributed by atoms with Gasteiger partial charge in [0.25, 0.3) is 0 Å². The van der Waals surface area contributed by atoms with Gasteiger partial charge in [-0.05, 0) is 69.7 Å². The lowest BCUT2D eigenvalue weighted by molar-refractivity contribution is 0.424. The molecule has 0 saturated heterocycles. The van der Waals surface area contributed by atoms with Crippen LogP contribution in [0.4, 0.5) is 0 Å². The van der Waals surface area contributed by atoms with E-state index >= 15 is 0 Å². The van der Waals surface area contributed by atoms with Gasteiger partial charge in [0.15, 0.2) is 11.5 Å². The summed E-state index contributed by atoms with van der Waals surface area (Å²) in [5, 5.41) is 9.89. The minimum atomic E-state index is -3.98. The zero-order chi connectivity index (χ0) is 14.9. The quantitative estimate of drug-likeness (QED) is 0.549. The lowest BCUT2D eigenvalue weighted by Crippen LogP contribution is -2.10. The Kier molecular flexibility index (Phi) is 4.60. The molecule has 106 valence electrons. The van der Waals surface area contributed by atoms with Crippen LogP contribution in [0.15, 0.2) is 45.8 Å². The maximum Gasteiger partial charge on any atom is 0.339 e. The molecule has 0 aliphatic rings. The van der Waals surface area contributed by atoms with Crippen LogP contribution < -0.4 is 4.18 Å². The third-order valence-electron chi connectivity index (χ3n) is 2.54. The highest BCUT2D eigenvalue weighted by atomic mass is 127. The number of aryl methyl sites for hydroxylation is 1. The molecule has 0 radical (unpaired) electrons. The van der Waals surface area contributed by atoms with Gasteiger partial charge in [-0.3, -0.25) is 0 Å². The first-order valence-electron chi connectivity index (χ1n) is 5.49. The molecule has 0 unspecified atom stereocenters. The Labute approximate surface area is 139 Å². The fourth-order valence-electron chi connectivity index (χ4n) is 1.46. The van der Waals surface area contributed by atoms with Crippen molar-refractivity contribution in [2.24, 2.45) is 0 Å². The highest BCUT2D eigenvalue weighted by Crippen LogP contribution is 2.39. The number of phenolic OH excluding ortho intramolecular Hbond substituents is 1. The van der Waals surface area contributed by atoms with Gasteiger partial charge in [0, 0.05) is 0 Å². The number of hydrogen-bond acceptors (Lipinski definition) is 4. The van der Waals surface area contributed by atoms with Crippen molar-refractivity contribution in [2.75, 3.05) is 0 Å². The molecule has 4 nitrogen and oxygen atoms in total. The predicted octanol–water partition coefficient (Wildman–Crippen LogP) is 3.84. The Balaban J connectivity index is 2.43. The van der Waals surface area contributed by atoms with E-state index < -0.39 is 10.1 Å². The molecule has 0 spiro atoms. The van der Waals surface area contributed by atoms with Crippen molar-refractivity contribution in [1.29, 1.82) is 0 Å². The van der Waals surface area contributed by atoms with Crippen molar-refractivity contribution >= 4 is 48.6 Å². The molecule has 2 aromatic rings. The second kappa shape index (κ2) is 5.90. The summed E-state index contributed by atoms with van der Waals surface area (Å²) in [6, 6.07) is 9.55. The molecule has 1 N–H and O–H groups in total. The molecular weight excluding hydrogens is 459 g/mol. The number of halogens is 2. The fourth-order valence-corrected chi connectivity index (χ4v) is 3.43. The predicted molar refractivity (Wildman–Crippen MR) is 87.5 cm³/mol. The smallest absolute Gasteiger partial charge is 0.339 e. The highest BCUT2D eigenvalue weighted by molar-refractivity contribution is 14.1. The normalized spacial score (nSPS) is 11.3. The molecule has 0 atom stereocenters. The summed E-state index contributed by atoms with van der Waals surface area (Å²) < 4.78 is 30.3. The van der Waals surface area contributed by atoms with Gasteiger partial charge in [-0.15, -0.1) is 0 Å². The van der Waals surface area contributed by atoms with Crippen molar-refractivity contribution in [3.8, 4) is 11.5 Å². The van der Waals surface area contributed by atoms with E-state index in [0.29, 0.717) is 8.04 Å². The van der Waals surface area contributed by atoms with Crippen LogP contribution in [-0.2, 0) is 10.1 Å². The maximum atomic E-state index is 12.2. The summed E-state index contributed by atoms with van der Waals surface area (Å²) in [4.78, 5) is 0.0401. The SMILES string of the molecule is Cc1ccc(S(=O)(=O)Oc2c(I)ccc(Br)c2O)cc1. The number of aromatic hydroxyl groups is 1. The first kappa shape index (κ1) is 15.6. The number of phenols is 1. The van der Waals surface area contributed by atoms with E-state index in [1.54, 1.807) is 24.3 Å². The van der Waals surface area contributed by atoms with Crippen LogP contribution >= 0.6 is 38.5 Å². The Morgan fingerprint density at radius 1 is 1.15 bits per heavy atom. The van der Waals surface area contributed by atoms with Gasteiger partial charge >= 0.3 is 10.1 Å². The number of benzene rings is 2. The molecule has 0 aliphatic carbocycles. The van der Waals surface area contributed by atoms with Crippen molar-refractivity contribution < 1.29 is 17.7 Å². The fraction of sp³-hybridized carbons (Fsp3) is 0.0769. The highest BCUT2D eigenvalue weighted by Gasteiger charge is 2.21. The number of rotatable bonds is 3. The van der Waals surface area contributed by atoms with Crippen LogP contribution in [0.1, 0.15) is 5.56 Å². The van der Waals surface area contributed by atoms with Gasteiger partial charge in [0.05, 0.1) is 8.04 Å².